The number of nitrogens with two attached hydrogens (primary N) is 2. The molecule has 5 heteroatoms. The van der Waals surface area contributed by atoms with Crippen LogP contribution in [-0.4, -0.2) is 10.9 Å². The summed E-state index contributed by atoms with van der Waals surface area (Å²) in [6, 6.07) is 7.88. The zero-order valence-corrected chi connectivity index (χ0v) is 9.79. The van der Waals surface area contributed by atoms with Crippen molar-refractivity contribution in [3.05, 3.63) is 29.8 Å². The fourth-order valence-corrected chi connectivity index (χ4v) is 1.69. The van der Waals surface area contributed by atoms with E-state index in [2.05, 4.69) is 5.10 Å². The number of hydrazone groups is 1. The molecule has 0 bridgehead atoms. The van der Waals surface area contributed by atoms with Crippen LogP contribution in [0.3, 0.4) is 0 Å². The summed E-state index contributed by atoms with van der Waals surface area (Å²) in [5.41, 5.74) is 2.08. The summed E-state index contributed by atoms with van der Waals surface area (Å²) < 4.78 is 0. The molecule has 0 saturated heterocycles. The molecule has 0 aliphatic carbocycles. The molecule has 4 N–H and O–H groups in total. The minimum atomic E-state index is 0.612. The summed E-state index contributed by atoms with van der Waals surface area (Å²) in [6.45, 7) is 4.06. The fourth-order valence-electron chi connectivity index (χ4n) is 1.11. The van der Waals surface area contributed by atoms with Crippen molar-refractivity contribution in [2.24, 2.45) is 16.8 Å². The molecule has 1 rings (SSSR count). The monoisotopic (exact) mass is 224 g/mol. The first-order valence-corrected chi connectivity index (χ1v) is 5.69. The topological polar surface area (TPSA) is 67.6 Å². The smallest absolute Gasteiger partial charge is 0.201 e. The number of hydrazine groups is 1. The van der Waals surface area contributed by atoms with E-state index >= 15 is 0 Å². The van der Waals surface area contributed by atoms with Gasteiger partial charge in [0, 0.05) is 0 Å². The van der Waals surface area contributed by atoms with Gasteiger partial charge in [0.05, 0.1) is 5.69 Å². The number of amidine groups is 1. The molecular formula is C10H16N4S. The van der Waals surface area contributed by atoms with Crippen LogP contribution in [0.2, 0.25) is 0 Å². The van der Waals surface area contributed by atoms with Crippen LogP contribution in [0.1, 0.15) is 12.5 Å². The Morgan fingerprint density at radius 2 is 2.00 bits per heavy atom. The zero-order valence-electron chi connectivity index (χ0n) is 8.97. The van der Waals surface area contributed by atoms with Crippen molar-refractivity contribution in [2.75, 3.05) is 10.8 Å². The van der Waals surface area contributed by atoms with Crippen molar-refractivity contribution in [3.63, 3.8) is 0 Å². The lowest BCUT2D eigenvalue weighted by Gasteiger charge is -2.18. The predicted molar refractivity (Wildman–Crippen MR) is 67.6 cm³/mol. The molecule has 0 atom stereocenters. The van der Waals surface area contributed by atoms with Crippen LogP contribution in [0.4, 0.5) is 5.69 Å². The highest BCUT2D eigenvalue weighted by atomic mass is 32.2. The van der Waals surface area contributed by atoms with E-state index in [1.807, 2.05) is 38.1 Å². The number of anilines is 1. The maximum atomic E-state index is 5.89. The Morgan fingerprint density at radius 3 is 2.47 bits per heavy atom. The van der Waals surface area contributed by atoms with Gasteiger partial charge < -0.3 is 5.84 Å². The average Bonchev–Trinajstić information content (AvgIpc) is 2.26. The largest absolute Gasteiger partial charge is 0.321 e. The van der Waals surface area contributed by atoms with Crippen LogP contribution in [0.15, 0.2) is 29.4 Å². The molecule has 1 aromatic carbocycles. The molecule has 4 nitrogen and oxygen atoms in total. The second-order valence-corrected chi connectivity index (χ2v) is 4.28. The number of nitrogens with zero attached hydrogens (tertiary/aromatic N) is 2. The highest BCUT2D eigenvalue weighted by Crippen LogP contribution is 2.16. The Labute approximate surface area is 94.3 Å². The first-order chi connectivity index (χ1) is 7.19. The molecule has 1 aromatic rings. The Morgan fingerprint density at radius 1 is 1.40 bits per heavy atom. The summed E-state index contributed by atoms with van der Waals surface area (Å²) >= 11 is 1.51. The number of hydrogen-bond acceptors (Lipinski definition) is 4. The van der Waals surface area contributed by atoms with E-state index in [0.29, 0.717) is 5.17 Å². The van der Waals surface area contributed by atoms with E-state index in [4.69, 9.17) is 11.7 Å². The number of aryl methyl sites for hydroxylation is 1. The van der Waals surface area contributed by atoms with E-state index in [1.54, 1.807) is 0 Å². The maximum absolute atomic E-state index is 5.89. The van der Waals surface area contributed by atoms with Gasteiger partial charge in [-0.3, -0.25) is 5.01 Å². The second kappa shape index (κ2) is 5.63. The van der Waals surface area contributed by atoms with Crippen LogP contribution in [-0.2, 0) is 0 Å². The second-order valence-electron chi connectivity index (χ2n) is 3.05. The van der Waals surface area contributed by atoms with Crippen LogP contribution in [0.5, 0.6) is 0 Å². The van der Waals surface area contributed by atoms with E-state index < -0.39 is 0 Å². The van der Waals surface area contributed by atoms with Gasteiger partial charge >= 0.3 is 0 Å². The molecule has 0 aliphatic heterocycles. The standard InChI is InChI=1S/C10H16N4S/c1-3-15-10(13-11)14(12)9-6-4-8(2)5-7-9/h4-7H,3,11-12H2,1-2H3/b13-10+. The molecule has 0 aromatic heterocycles. The predicted octanol–water partition coefficient (Wildman–Crippen LogP) is 1.66. The van der Waals surface area contributed by atoms with E-state index in [0.717, 1.165) is 11.4 Å². The summed E-state index contributed by atoms with van der Waals surface area (Å²) in [5, 5.41) is 5.76. The van der Waals surface area contributed by atoms with Gasteiger partial charge in [-0.05, 0) is 24.8 Å². The minimum absolute atomic E-state index is 0.612. The zero-order chi connectivity index (χ0) is 11.3. The molecule has 15 heavy (non-hydrogen) atoms. The Hall–Kier alpha value is -1.20. The summed E-state index contributed by atoms with van der Waals surface area (Å²) in [5.74, 6) is 12.0. The first-order valence-electron chi connectivity index (χ1n) is 4.71. The Kier molecular flexibility index (Phi) is 4.45. The van der Waals surface area contributed by atoms with Gasteiger partial charge in [-0.2, -0.15) is 5.10 Å². The number of thioether (sulfide) groups is 1. The van der Waals surface area contributed by atoms with Gasteiger partial charge in [0.1, 0.15) is 0 Å². The van der Waals surface area contributed by atoms with Gasteiger partial charge in [-0.15, -0.1) is 0 Å². The third kappa shape index (κ3) is 3.14. The molecule has 0 fully saturated rings. The van der Waals surface area contributed by atoms with Crippen molar-refractivity contribution in [3.8, 4) is 0 Å². The average molecular weight is 224 g/mol. The molecule has 0 heterocycles. The van der Waals surface area contributed by atoms with Gasteiger partial charge in [0.2, 0.25) is 5.17 Å². The van der Waals surface area contributed by atoms with Gasteiger partial charge in [0.15, 0.2) is 0 Å². The van der Waals surface area contributed by atoms with Crippen molar-refractivity contribution in [1.82, 2.24) is 0 Å². The van der Waals surface area contributed by atoms with Crippen molar-refractivity contribution >= 4 is 22.6 Å². The number of benzene rings is 1. The highest BCUT2D eigenvalue weighted by molar-refractivity contribution is 8.14. The molecule has 0 spiro atoms. The van der Waals surface area contributed by atoms with Crippen molar-refractivity contribution in [2.45, 2.75) is 13.8 Å². The van der Waals surface area contributed by atoms with Gasteiger partial charge in [-0.25, -0.2) is 5.84 Å². The summed E-state index contributed by atoms with van der Waals surface area (Å²) in [7, 11) is 0. The molecule has 0 aliphatic rings. The maximum Gasteiger partial charge on any atom is 0.201 e. The van der Waals surface area contributed by atoms with Gasteiger partial charge in [0.25, 0.3) is 0 Å². The lowest BCUT2D eigenvalue weighted by molar-refractivity contribution is 1.11. The SMILES string of the molecule is CCS/C(=N/N)N(N)c1ccc(C)cc1. The normalized spacial score (nSPS) is 11.5. The van der Waals surface area contributed by atoms with Crippen LogP contribution in [0, 0.1) is 6.92 Å². The quantitative estimate of drug-likeness (QED) is 0.347. The summed E-state index contributed by atoms with van der Waals surface area (Å²) in [6.07, 6.45) is 0. The van der Waals surface area contributed by atoms with Crippen LogP contribution < -0.4 is 16.7 Å². The molecule has 0 unspecified atom stereocenters. The van der Waals surface area contributed by atoms with Crippen LogP contribution >= 0.6 is 11.8 Å². The van der Waals surface area contributed by atoms with E-state index in [9.17, 15) is 0 Å². The van der Waals surface area contributed by atoms with Crippen molar-refractivity contribution < 1.29 is 0 Å². The molecule has 0 radical (unpaired) electrons. The lowest BCUT2D eigenvalue weighted by Crippen LogP contribution is -2.36. The number of hydrogen-bond donors (Lipinski definition) is 2. The minimum Gasteiger partial charge on any atom is -0.321 e. The Balaban J connectivity index is 2.83. The molecule has 0 saturated carbocycles. The molecule has 82 valence electrons. The Bertz CT molecular complexity index is 334. The molecule has 0 amide bonds. The third-order valence-electron chi connectivity index (χ3n) is 1.90. The fraction of sp³-hybridized carbons (Fsp3) is 0.300. The third-order valence-corrected chi connectivity index (χ3v) is 2.75. The van der Waals surface area contributed by atoms with Gasteiger partial charge in [-0.1, -0.05) is 36.4 Å². The van der Waals surface area contributed by atoms with Crippen molar-refractivity contribution in [1.29, 1.82) is 0 Å². The number of rotatable bonds is 2. The highest BCUT2D eigenvalue weighted by Gasteiger charge is 2.08. The van der Waals surface area contributed by atoms with E-state index in [-0.39, 0.29) is 0 Å². The first kappa shape index (κ1) is 11.9. The van der Waals surface area contributed by atoms with Crippen LogP contribution in [0.25, 0.3) is 0 Å². The molecular weight excluding hydrogens is 208 g/mol. The lowest BCUT2D eigenvalue weighted by atomic mass is 10.2. The van der Waals surface area contributed by atoms with E-state index in [1.165, 1.54) is 22.3 Å². The summed E-state index contributed by atoms with van der Waals surface area (Å²) in [4.78, 5) is 0.